The number of hydrogen-bond donors (Lipinski definition) is 7. The van der Waals surface area contributed by atoms with Crippen LogP contribution in [-0.2, 0) is 42.7 Å². The predicted octanol–water partition coefficient (Wildman–Crippen LogP) is -0.875. The normalized spacial score (nSPS) is 46.5. The lowest BCUT2D eigenvalue weighted by molar-refractivity contribution is -0.357. The fourth-order valence-corrected chi connectivity index (χ4v) is 7.98. The molecule has 1 aromatic carbocycles. The van der Waals surface area contributed by atoms with Gasteiger partial charge in [0.25, 0.3) is 0 Å². The van der Waals surface area contributed by atoms with Crippen LogP contribution in [0.5, 0.6) is 0 Å². The van der Waals surface area contributed by atoms with Crippen LogP contribution in [0.15, 0.2) is 36.4 Å². The number of carbonyl (C=O) groups is 2. The van der Waals surface area contributed by atoms with E-state index in [0.29, 0.717) is 0 Å². The molecule has 4 heterocycles. The van der Waals surface area contributed by atoms with E-state index in [-0.39, 0.29) is 38.2 Å². The molecule has 16 heteroatoms. The van der Waals surface area contributed by atoms with Gasteiger partial charge in [0.15, 0.2) is 12.4 Å². The second-order valence-corrected chi connectivity index (χ2v) is 14.7. The maximum atomic E-state index is 13.7. The molecule has 290 valence electrons. The fourth-order valence-electron chi connectivity index (χ4n) is 7.98. The van der Waals surface area contributed by atoms with Crippen LogP contribution in [-0.4, -0.2) is 146 Å². The van der Waals surface area contributed by atoms with Gasteiger partial charge in [0.2, 0.25) is 12.1 Å². The van der Waals surface area contributed by atoms with Crippen molar-refractivity contribution >= 4 is 18.0 Å². The van der Waals surface area contributed by atoms with E-state index in [1.54, 1.807) is 6.08 Å². The van der Waals surface area contributed by atoms with Gasteiger partial charge in [-0.3, -0.25) is 4.79 Å². The van der Waals surface area contributed by atoms with Gasteiger partial charge in [-0.25, -0.2) is 4.79 Å². The lowest BCUT2D eigenvalue weighted by Crippen LogP contribution is -2.63. The molecule has 7 N–H and O–H groups in total. The van der Waals surface area contributed by atoms with Crippen LogP contribution in [0.3, 0.4) is 0 Å². The number of aliphatic hydroxyl groups excluding tert-OH is 6. The molecule has 0 aromatic heterocycles. The predicted molar refractivity (Wildman–Crippen MR) is 175 cm³/mol. The molecule has 4 aliphatic heterocycles. The molecule has 5 fully saturated rings. The monoisotopic (exact) mass is 738 g/mol. The van der Waals surface area contributed by atoms with Crippen LogP contribution in [0.2, 0.25) is 0 Å². The van der Waals surface area contributed by atoms with E-state index >= 15 is 0 Å². The first kappa shape index (κ1) is 39.1. The van der Waals surface area contributed by atoms with Gasteiger partial charge in [-0.15, -0.1) is 0 Å². The summed E-state index contributed by atoms with van der Waals surface area (Å²) >= 11 is 0. The van der Waals surface area contributed by atoms with Crippen LogP contribution in [0.4, 0.5) is 0 Å². The highest BCUT2D eigenvalue weighted by Crippen LogP contribution is 2.55. The zero-order chi connectivity index (χ0) is 37.5. The minimum Gasteiger partial charge on any atom is -0.459 e. The summed E-state index contributed by atoms with van der Waals surface area (Å²) in [5, 5.41) is 74.7. The summed E-state index contributed by atoms with van der Waals surface area (Å²) in [6.07, 6.45) is -12.7. The minimum atomic E-state index is -1.88. The lowest BCUT2D eigenvalue weighted by Gasteiger charge is -2.47. The highest BCUT2D eigenvalue weighted by molar-refractivity contribution is 5.87. The van der Waals surface area contributed by atoms with Crippen molar-refractivity contribution in [1.29, 1.82) is 0 Å². The van der Waals surface area contributed by atoms with Crippen molar-refractivity contribution in [2.75, 3.05) is 13.2 Å². The number of esters is 2. The molecule has 52 heavy (non-hydrogen) atoms. The van der Waals surface area contributed by atoms with Gasteiger partial charge in [-0.1, -0.05) is 37.3 Å². The number of ether oxygens (including phenoxy) is 7. The molecule has 1 aliphatic carbocycles. The van der Waals surface area contributed by atoms with E-state index in [1.807, 2.05) is 37.3 Å². The van der Waals surface area contributed by atoms with Gasteiger partial charge in [0.05, 0.1) is 37.4 Å². The van der Waals surface area contributed by atoms with E-state index in [4.69, 9.17) is 33.2 Å². The number of fused-ring (bicyclic) bond motifs is 1. The van der Waals surface area contributed by atoms with E-state index < -0.39 is 115 Å². The SMILES string of the molecule is CC1COC2(CC1OC(=O)C=Cc1ccccc1)O[C@H]1C[C@H](C(=O)O[C@@H]3O[C@H](C)[C@@H](O)[C@@H](O)[C@H]3O[C@@H]3O[C@H](C)[C@@H](O)[C@H](O)[C@H]3O)CCC1C2(O)CO. The molecule has 0 bridgehead atoms. The van der Waals surface area contributed by atoms with Gasteiger partial charge >= 0.3 is 11.9 Å². The molecule has 17 atom stereocenters. The quantitative estimate of drug-likeness (QED) is 0.127. The zero-order valence-electron chi connectivity index (χ0n) is 29.2. The van der Waals surface area contributed by atoms with Gasteiger partial charge in [-0.05, 0) is 44.7 Å². The van der Waals surface area contributed by atoms with Crippen LogP contribution in [0, 0.1) is 17.8 Å². The average Bonchev–Trinajstić information content (AvgIpc) is 3.37. The smallest absolute Gasteiger partial charge is 0.331 e. The van der Waals surface area contributed by atoms with Crippen molar-refractivity contribution in [3.05, 3.63) is 42.0 Å². The molecule has 1 saturated carbocycles. The Hall–Kier alpha value is -2.58. The van der Waals surface area contributed by atoms with E-state index in [2.05, 4.69) is 0 Å². The maximum Gasteiger partial charge on any atom is 0.331 e. The first-order chi connectivity index (χ1) is 24.7. The third-order valence-electron chi connectivity index (χ3n) is 11.3. The second kappa shape index (κ2) is 15.6. The standard InChI is InChI=1S/C36H50O16/c1-17-15-46-36(14-24(17)49-25(38)12-9-20-7-5-4-6-8-20)35(45,16-37)22-11-10-21(13-23(22)52-36)32(44)51-34-31(29(42)27(40)19(3)48-34)50-33-30(43)28(41)26(39)18(2)47-33/h4-9,12,17-19,21-24,26-31,33-34,37,39-43,45H,10-11,13-16H2,1-3H3/t17?,18-,19-,21-,22?,23+,24?,26-,27-,28+,29-,30-,31-,33+,34+,35?,36?/m1/s1. The number of rotatable bonds is 8. The number of hydrogen-bond acceptors (Lipinski definition) is 16. The summed E-state index contributed by atoms with van der Waals surface area (Å²) in [6, 6.07) is 9.23. The maximum absolute atomic E-state index is 13.7. The molecule has 5 unspecified atom stereocenters. The average molecular weight is 739 g/mol. The third kappa shape index (κ3) is 7.41. The molecule has 5 aliphatic rings. The van der Waals surface area contributed by atoms with Gasteiger partial charge in [-0.2, -0.15) is 0 Å². The van der Waals surface area contributed by atoms with E-state index in [1.165, 1.54) is 19.9 Å². The molecular formula is C36H50O16. The number of benzene rings is 1. The van der Waals surface area contributed by atoms with Crippen LogP contribution in [0.1, 0.15) is 52.0 Å². The molecule has 6 rings (SSSR count). The Bertz CT molecular complexity index is 1430. The molecule has 1 aromatic rings. The van der Waals surface area contributed by atoms with Crippen LogP contribution >= 0.6 is 0 Å². The topological polar surface area (TPSA) is 240 Å². The first-order valence-electron chi connectivity index (χ1n) is 17.8. The Kier molecular flexibility index (Phi) is 11.8. The summed E-state index contributed by atoms with van der Waals surface area (Å²) in [7, 11) is 0. The van der Waals surface area contributed by atoms with Crippen molar-refractivity contribution in [1.82, 2.24) is 0 Å². The highest BCUT2D eigenvalue weighted by atomic mass is 16.8. The molecule has 0 amide bonds. The van der Waals surface area contributed by atoms with Gasteiger partial charge < -0.3 is 68.9 Å². The Morgan fingerprint density at radius 1 is 0.885 bits per heavy atom. The lowest BCUT2D eigenvalue weighted by atomic mass is 9.70. The zero-order valence-corrected chi connectivity index (χ0v) is 29.2. The van der Waals surface area contributed by atoms with Gasteiger partial charge in [0.1, 0.15) is 42.2 Å². The Morgan fingerprint density at radius 3 is 2.25 bits per heavy atom. The number of carbonyl (C=O) groups excluding carboxylic acids is 2. The number of aliphatic hydroxyl groups is 7. The fraction of sp³-hybridized carbons (Fsp3) is 0.722. The molecule has 0 radical (unpaired) electrons. The Morgan fingerprint density at radius 2 is 1.56 bits per heavy atom. The van der Waals surface area contributed by atoms with E-state index in [0.717, 1.165) is 5.56 Å². The molecular weight excluding hydrogens is 688 g/mol. The molecule has 1 spiro atoms. The second-order valence-electron chi connectivity index (χ2n) is 14.7. The van der Waals surface area contributed by atoms with Crippen molar-refractivity contribution in [2.45, 2.75) is 131 Å². The summed E-state index contributed by atoms with van der Waals surface area (Å²) in [6.45, 7) is 4.10. The summed E-state index contributed by atoms with van der Waals surface area (Å²) < 4.78 is 41.0. The molecule has 4 saturated heterocycles. The Labute approximate surface area is 300 Å². The first-order valence-corrected chi connectivity index (χ1v) is 17.8. The molecule has 16 nitrogen and oxygen atoms in total. The third-order valence-corrected chi connectivity index (χ3v) is 11.3. The summed E-state index contributed by atoms with van der Waals surface area (Å²) in [5.41, 5.74) is -1.07. The van der Waals surface area contributed by atoms with Crippen LogP contribution < -0.4 is 0 Å². The Balaban J connectivity index is 1.12. The van der Waals surface area contributed by atoms with Crippen molar-refractivity contribution in [3.8, 4) is 0 Å². The summed E-state index contributed by atoms with van der Waals surface area (Å²) in [5.74, 6) is -4.76. The minimum absolute atomic E-state index is 0.0573. The largest absolute Gasteiger partial charge is 0.459 e. The van der Waals surface area contributed by atoms with Gasteiger partial charge in [0, 0.05) is 24.3 Å². The van der Waals surface area contributed by atoms with E-state index in [9.17, 15) is 45.3 Å². The summed E-state index contributed by atoms with van der Waals surface area (Å²) in [4.78, 5) is 26.5. The van der Waals surface area contributed by atoms with Crippen LogP contribution in [0.25, 0.3) is 6.08 Å². The van der Waals surface area contributed by atoms with Crippen molar-refractivity contribution in [3.63, 3.8) is 0 Å². The van der Waals surface area contributed by atoms with Crippen molar-refractivity contribution in [2.24, 2.45) is 17.8 Å². The highest BCUT2D eigenvalue weighted by Gasteiger charge is 2.69. The van der Waals surface area contributed by atoms with Crippen molar-refractivity contribution < 1.29 is 78.5 Å².